The third-order valence-electron chi connectivity index (χ3n) is 4.14. The molecule has 5 heteroatoms. The van der Waals surface area contributed by atoms with Gasteiger partial charge in [0.15, 0.2) is 0 Å². The van der Waals surface area contributed by atoms with Crippen molar-refractivity contribution in [3.8, 4) is 0 Å². The summed E-state index contributed by atoms with van der Waals surface area (Å²) in [5, 5.41) is 3.24. The number of nitrogens with one attached hydrogen (secondary N) is 1. The van der Waals surface area contributed by atoms with Crippen LogP contribution in [0.25, 0.3) is 0 Å². The predicted molar refractivity (Wildman–Crippen MR) is 82.9 cm³/mol. The fraction of sp³-hybridized carbons (Fsp3) is 0.600. The van der Waals surface area contributed by atoms with Crippen LogP contribution in [0.2, 0.25) is 0 Å². The summed E-state index contributed by atoms with van der Waals surface area (Å²) in [5.74, 6) is -1.05. The summed E-state index contributed by atoms with van der Waals surface area (Å²) in [6.07, 6.45) is 0.767. The summed E-state index contributed by atoms with van der Waals surface area (Å²) in [6.45, 7) is 6.62. The molecule has 0 aliphatic heterocycles. The normalized spacial score (nSPS) is 16.2. The molecule has 1 aromatic carbocycles. The predicted octanol–water partition coefficient (Wildman–Crippen LogP) is 4.11. The maximum absolute atomic E-state index is 14.4. The van der Waals surface area contributed by atoms with Crippen LogP contribution in [0.3, 0.4) is 0 Å². The van der Waals surface area contributed by atoms with Crippen molar-refractivity contribution < 1.29 is 8.78 Å². The van der Waals surface area contributed by atoms with Gasteiger partial charge < -0.3 is 10.2 Å². The van der Waals surface area contributed by atoms with Gasteiger partial charge in [0, 0.05) is 11.1 Å². The van der Waals surface area contributed by atoms with Crippen LogP contribution in [0.15, 0.2) is 16.6 Å². The highest BCUT2D eigenvalue weighted by Crippen LogP contribution is 2.37. The SMILES string of the molecule is CCNC(c1c(F)ccc(Br)c1F)C(C)(CC)N(C)C. The Hall–Kier alpha value is -0.520. The van der Waals surface area contributed by atoms with Gasteiger partial charge in [-0.1, -0.05) is 13.8 Å². The number of hydrogen-bond donors (Lipinski definition) is 1. The molecule has 20 heavy (non-hydrogen) atoms. The first-order chi connectivity index (χ1) is 9.29. The second-order valence-corrected chi connectivity index (χ2v) is 6.21. The first kappa shape index (κ1) is 17.5. The number of rotatable bonds is 6. The Kier molecular flexibility index (Phi) is 6.10. The number of hydrogen-bond acceptors (Lipinski definition) is 2. The van der Waals surface area contributed by atoms with E-state index in [1.54, 1.807) is 0 Å². The van der Waals surface area contributed by atoms with Gasteiger partial charge in [-0.25, -0.2) is 8.78 Å². The fourth-order valence-electron chi connectivity index (χ4n) is 2.42. The Bertz CT molecular complexity index is 465. The van der Waals surface area contributed by atoms with Gasteiger partial charge in [0.2, 0.25) is 0 Å². The Labute approximate surface area is 128 Å². The summed E-state index contributed by atoms with van der Waals surface area (Å²) >= 11 is 3.14. The largest absolute Gasteiger partial charge is 0.308 e. The third kappa shape index (κ3) is 3.21. The van der Waals surface area contributed by atoms with Crippen molar-refractivity contribution in [2.45, 2.75) is 38.8 Å². The van der Waals surface area contributed by atoms with Gasteiger partial charge in [-0.15, -0.1) is 0 Å². The Morgan fingerprint density at radius 2 is 1.90 bits per heavy atom. The van der Waals surface area contributed by atoms with Crippen molar-refractivity contribution >= 4 is 15.9 Å². The molecule has 1 N–H and O–H groups in total. The molecule has 0 amide bonds. The van der Waals surface area contributed by atoms with Crippen molar-refractivity contribution in [2.24, 2.45) is 0 Å². The molecule has 1 aromatic rings. The Balaban J connectivity index is 3.45. The van der Waals surface area contributed by atoms with Crippen LogP contribution in [0.1, 0.15) is 38.8 Å². The number of likely N-dealkylation sites (N-methyl/N-ethyl adjacent to an activating group) is 2. The first-order valence-electron chi connectivity index (χ1n) is 6.83. The molecule has 2 atom stereocenters. The maximum Gasteiger partial charge on any atom is 0.145 e. The second-order valence-electron chi connectivity index (χ2n) is 5.35. The summed E-state index contributed by atoms with van der Waals surface area (Å²) in [4.78, 5) is 2.01. The molecule has 1 rings (SSSR count). The highest BCUT2D eigenvalue weighted by molar-refractivity contribution is 9.10. The molecule has 0 bridgehead atoms. The van der Waals surface area contributed by atoms with Crippen LogP contribution in [0.5, 0.6) is 0 Å². The molecule has 0 radical (unpaired) electrons. The van der Waals surface area contributed by atoms with Crippen LogP contribution >= 0.6 is 15.9 Å². The lowest BCUT2D eigenvalue weighted by Gasteiger charge is -2.43. The van der Waals surface area contributed by atoms with E-state index in [9.17, 15) is 8.78 Å². The Morgan fingerprint density at radius 1 is 1.30 bits per heavy atom. The van der Waals surface area contributed by atoms with Gasteiger partial charge in [0.05, 0.1) is 10.5 Å². The van der Waals surface area contributed by atoms with Crippen LogP contribution < -0.4 is 5.32 Å². The molecular weight excluding hydrogens is 326 g/mol. The molecule has 0 aliphatic rings. The average Bonchev–Trinajstić information content (AvgIpc) is 2.41. The third-order valence-corrected chi connectivity index (χ3v) is 4.75. The number of benzene rings is 1. The molecule has 0 aliphatic carbocycles. The van der Waals surface area contributed by atoms with E-state index in [1.165, 1.54) is 12.1 Å². The molecular formula is C15H23BrF2N2. The second kappa shape index (κ2) is 6.96. The topological polar surface area (TPSA) is 15.3 Å². The van der Waals surface area contributed by atoms with E-state index in [0.717, 1.165) is 6.42 Å². The highest BCUT2D eigenvalue weighted by Gasteiger charge is 2.38. The van der Waals surface area contributed by atoms with Crippen LogP contribution in [0, 0.1) is 11.6 Å². The number of nitrogens with zero attached hydrogens (tertiary/aromatic N) is 1. The van der Waals surface area contributed by atoms with E-state index in [0.29, 0.717) is 6.54 Å². The van der Waals surface area contributed by atoms with Crippen LogP contribution in [-0.4, -0.2) is 31.1 Å². The lowest BCUT2D eigenvalue weighted by Crippen LogP contribution is -2.51. The smallest absolute Gasteiger partial charge is 0.145 e. The maximum atomic E-state index is 14.4. The van der Waals surface area contributed by atoms with E-state index in [-0.39, 0.29) is 10.0 Å². The molecule has 0 heterocycles. The summed E-state index contributed by atoms with van der Waals surface area (Å²) in [6, 6.07) is 2.28. The average molecular weight is 349 g/mol. The molecule has 0 saturated heterocycles. The van der Waals surface area contributed by atoms with Crippen molar-refractivity contribution in [2.75, 3.05) is 20.6 Å². The minimum Gasteiger partial charge on any atom is -0.308 e. The molecule has 0 saturated carbocycles. The van der Waals surface area contributed by atoms with Crippen molar-refractivity contribution in [1.29, 1.82) is 0 Å². The van der Waals surface area contributed by atoms with Crippen LogP contribution in [0.4, 0.5) is 8.78 Å². The molecule has 2 nitrogen and oxygen atoms in total. The zero-order chi connectivity index (χ0) is 15.5. The van der Waals surface area contributed by atoms with Crippen molar-refractivity contribution in [1.82, 2.24) is 10.2 Å². The van der Waals surface area contributed by atoms with Gasteiger partial charge in [0.25, 0.3) is 0 Å². The van der Waals surface area contributed by atoms with E-state index < -0.39 is 23.2 Å². The number of halogens is 3. The van der Waals surface area contributed by atoms with Gasteiger partial charge >= 0.3 is 0 Å². The molecule has 114 valence electrons. The van der Waals surface area contributed by atoms with E-state index >= 15 is 0 Å². The highest BCUT2D eigenvalue weighted by atomic mass is 79.9. The van der Waals surface area contributed by atoms with Gasteiger partial charge in [-0.3, -0.25) is 0 Å². The molecule has 0 spiro atoms. The molecule has 2 unspecified atom stereocenters. The van der Waals surface area contributed by atoms with E-state index in [2.05, 4.69) is 21.2 Å². The fourth-order valence-corrected chi connectivity index (χ4v) is 2.77. The van der Waals surface area contributed by atoms with Crippen molar-refractivity contribution in [3.05, 3.63) is 33.8 Å². The standard InChI is InChI=1S/C15H23BrF2N2/c1-6-15(3,20(4)5)14(19-7-2)12-11(17)9-8-10(16)13(12)18/h8-9,14,19H,6-7H2,1-5H3. The van der Waals surface area contributed by atoms with Crippen LogP contribution in [-0.2, 0) is 0 Å². The van der Waals surface area contributed by atoms with Gasteiger partial charge in [-0.2, -0.15) is 0 Å². The van der Waals surface area contributed by atoms with Gasteiger partial charge in [-0.05, 0) is 62.0 Å². The molecule has 0 fully saturated rings. The summed E-state index contributed by atoms with van der Waals surface area (Å²) in [7, 11) is 3.86. The molecule has 0 aromatic heterocycles. The zero-order valence-electron chi connectivity index (χ0n) is 12.7. The summed E-state index contributed by atoms with van der Waals surface area (Å²) < 4.78 is 28.9. The first-order valence-corrected chi connectivity index (χ1v) is 7.63. The lowest BCUT2D eigenvalue weighted by atomic mass is 9.83. The van der Waals surface area contributed by atoms with E-state index in [4.69, 9.17) is 0 Å². The Morgan fingerprint density at radius 3 is 2.35 bits per heavy atom. The minimum absolute atomic E-state index is 0.0966. The quantitative estimate of drug-likeness (QED) is 0.778. The van der Waals surface area contributed by atoms with Gasteiger partial charge in [0.1, 0.15) is 11.6 Å². The lowest BCUT2D eigenvalue weighted by molar-refractivity contribution is 0.109. The monoisotopic (exact) mass is 348 g/mol. The summed E-state index contributed by atoms with van der Waals surface area (Å²) in [5.41, 5.74) is -0.294. The zero-order valence-corrected chi connectivity index (χ0v) is 14.3. The van der Waals surface area contributed by atoms with Crippen molar-refractivity contribution in [3.63, 3.8) is 0 Å². The minimum atomic E-state index is -0.530. The van der Waals surface area contributed by atoms with E-state index in [1.807, 2.05) is 39.8 Å².